The van der Waals surface area contributed by atoms with Gasteiger partial charge in [-0.25, -0.2) is 0 Å². The second-order valence-electron chi connectivity index (χ2n) is 4.85. The molecule has 0 aromatic heterocycles. The van der Waals surface area contributed by atoms with E-state index >= 15 is 0 Å². The molecule has 1 nitrogen and oxygen atoms in total. The molecule has 2 aromatic carbocycles. The highest BCUT2D eigenvalue weighted by Crippen LogP contribution is 2.30. The topological polar surface area (TPSA) is 26.0 Å². The highest BCUT2D eigenvalue weighted by Gasteiger charge is 2.30. The number of alkyl halides is 3. The van der Waals surface area contributed by atoms with Crippen LogP contribution in [0.25, 0.3) is 0 Å². The molecule has 0 aliphatic carbocycles. The maximum Gasteiger partial charge on any atom is 0.416 e. The summed E-state index contributed by atoms with van der Waals surface area (Å²) in [5, 5.41) is 0. The fourth-order valence-corrected chi connectivity index (χ4v) is 2.92. The zero-order chi connectivity index (χ0) is 15.5. The minimum Gasteiger partial charge on any atom is -0.323 e. The van der Waals surface area contributed by atoms with Gasteiger partial charge in [0.2, 0.25) is 0 Å². The van der Waals surface area contributed by atoms with Crippen LogP contribution in [0.4, 0.5) is 13.2 Å². The lowest BCUT2D eigenvalue weighted by molar-refractivity contribution is -0.137. The first-order valence-electron chi connectivity index (χ1n) is 6.48. The summed E-state index contributed by atoms with van der Waals surface area (Å²) in [6.45, 7) is 2.01. The van der Waals surface area contributed by atoms with Gasteiger partial charge in [0.25, 0.3) is 0 Å². The van der Waals surface area contributed by atoms with Gasteiger partial charge in [-0.2, -0.15) is 13.2 Å². The van der Waals surface area contributed by atoms with Crippen LogP contribution >= 0.6 is 11.8 Å². The van der Waals surface area contributed by atoms with Crippen LogP contribution in [0.2, 0.25) is 0 Å². The minimum absolute atomic E-state index is 0.294. The molecule has 0 bridgehead atoms. The van der Waals surface area contributed by atoms with E-state index in [1.165, 1.54) is 17.7 Å². The maximum atomic E-state index is 12.5. The van der Waals surface area contributed by atoms with E-state index in [0.29, 0.717) is 11.3 Å². The number of halogens is 3. The lowest BCUT2D eigenvalue weighted by atomic mass is 10.1. The Hall–Kier alpha value is -1.46. The van der Waals surface area contributed by atoms with Crippen molar-refractivity contribution in [1.82, 2.24) is 0 Å². The van der Waals surface area contributed by atoms with E-state index in [-0.39, 0.29) is 6.04 Å². The van der Waals surface area contributed by atoms with E-state index in [0.717, 1.165) is 17.0 Å². The number of aryl methyl sites for hydroxylation is 1. The summed E-state index contributed by atoms with van der Waals surface area (Å²) in [7, 11) is 0. The van der Waals surface area contributed by atoms with Crippen LogP contribution in [0.15, 0.2) is 53.4 Å². The quantitative estimate of drug-likeness (QED) is 0.820. The molecular formula is C16H16F3NS. The van der Waals surface area contributed by atoms with Gasteiger partial charge in [0.05, 0.1) is 5.56 Å². The number of benzene rings is 2. The third-order valence-corrected chi connectivity index (χ3v) is 4.20. The van der Waals surface area contributed by atoms with Crippen molar-refractivity contribution < 1.29 is 13.2 Å². The average molecular weight is 311 g/mol. The molecule has 0 fully saturated rings. The van der Waals surface area contributed by atoms with Crippen LogP contribution in [-0.4, -0.2) is 5.75 Å². The molecule has 1 atom stereocenters. The van der Waals surface area contributed by atoms with E-state index in [1.54, 1.807) is 11.8 Å². The molecule has 2 rings (SSSR count). The molecule has 2 aromatic rings. The summed E-state index contributed by atoms with van der Waals surface area (Å²) in [5.41, 5.74) is 7.27. The monoisotopic (exact) mass is 311 g/mol. The molecule has 2 N–H and O–H groups in total. The van der Waals surface area contributed by atoms with Crippen LogP contribution in [0.3, 0.4) is 0 Å². The first-order valence-corrected chi connectivity index (χ1v) is 7.47. The Kier molecular flexibility index (Phi) is 4.96. The van der Waals surface area contributed by atoms with Crippen molar-refractivity contribution in [1.29, 1.82) is 0 Å². The van der Waals surface area contributed by atoms with Crippen molar-refractivity contribution in [2.45, 2.75) is 24.0 Å². The number of hydrogen-bond donors (Lipinski definition) is 1. The van der Waals surface area contributed by atoms with Crippen LogP contribution in [0, 0.1) is 6.92 Å². The predicted octanol–water partition coefficient (Wildman–Crippen LogP) is 4.81. The molecule has 21 heavy (non-hydrogen) atoms. The predicted molar refractivity (Wildman–Crippen MR) is 80.3 cm³/mol. The van der Waals surface area contributed by atoms with Gasteiger partial charge in [0.15, 0.2) is 0 Å². The van der Waals surface area contributed by atoms with Crippen molar-refractivity contribution in [2.75, 3.05) is 5.75 Å². The summed E-state index contributed by atoms with van der Waals surface area (Å²) in [6, 6.07) is 12.8. The molecular weight excluding hydrogens is 295 g/mol. The van der Waals surface area contributed by atoms with Crippen molar-refractivity contribution >= 4 is 11.8 Å². The smallest absolute Gasteiger partial charge is 0.323 e. The molecule has 0 aliphatic rings. The zero-order valence-corrected chi connectivity index (χ0v) is 12.3. The Morgan fingerprint density at radius 2 is 1.76 bits per heavy atom. The lowest BCUT2D eigenvalue weighted by Crippen LogP contribution is -2.13. The van der Waals surface area contributed by atoms with Crippen molar-refractivity contribution in [2.24, 2.45) is 5.73 Å². The van der Waals surface area contributed by atoms with E-state index < -0.39 is 11.7 Å². The van der Waals surface area contributed by atoms with Gasteiger partial charge in [0, 0.05) is 16.7 Å². The van der Waals surface area contributed by atoms with Gasteiger partial charge in [-0.15, -0.1) is 11.8 Å². The lowest BCUT2D eigenvalue weighted by Gasteiger charge is -2.13. The molecule has 0 saturated heterocycles. The molecule has 0 radical (unpaired) electrons. The van der Waals surface area contributed by atoms with Gasteiger partial charge < -0.3 is 5.73 Å². The largest absolute Gasteiger partial charge is 0.416 e. The number of nitrogens with two attached hydrogens (primary N) is 1. The standard InChI is InChI=1S/C16H16F3NS/c1-11-3-2-4-14(9-11)21-10-15(20)12-5-7-13(8-6-12)16(17,18)19/h2-9,15H,10,20H2,1H3. The van der Waals surface area contributed by atoms with Crippen LogP contribution in [0.1, 0.15) is 22.7 Å². The molecule has 0 amide bonds. The third-order valence-electron chi connectivity index (χ3n) is 3.09. The van der Waals surface area contributed by atoms with Crippen molar-refractivity contribution in [3.63, 3.8) is 0 Å². The number of rotatable bonds is 4. The molecule has 5 heteroatoms. The Labute approximate surface area is 126 Å². The third kappa shape index (κ3) is 4.51. The zero-order valence-electron chi connectivity index (χ0n) is 11.5. The fourth-order valence-electron chi connectivity index (χ4n) is 1.91. The summed E-state index contributed by atoms with van der Waals surface area (Å²) in [6.07, 6.45) is -4.31. The van der Waals surface area contributed by atoms with Crippen molar-refractivity contribution in [3.05, 3.63) is 65.2 Å². The Morgan fingerprint density at radius 3 is 2.33 bits per heavy atom. The molecule has 0 saturated carbocycles. The highest BCUT2D eigenvalue weighted by molar-refractivity contribution is 7.99. The second-order valence-corrected chi connectivity index (χ2v) is 5.95. The molecule has 1 unspecified atom stereocenters. The Bertz CT molecular complexity index is 593. The summed E-state index contributed by atoms with van der Waals surface area (Å²) in [5.74, 6) is 0.620. The molecule has 0 spiro atoms. The van der Waals surface area contributed by atoms with Crippen molar-refractivity contribution in [3.8, 4) is 0 Å². The Balaban J connectivity index is 1.99. The number of thioether (sulfide) groups is 1. The number of hydrogen-bond acceptors (Lipinski definition) is 2. The van der Waals surface area contributed by atoms with Crippen LogP contribution in [-0.2, 0) is 6.18 Å². The van der Waals surface area contributed by atoms with Gasteiger partial charge in [0.1, 0.15) is 0 Å². The minimum atomic E-state index is -4.31. The summed E-state index contributed by atoms with van der Waals surface area (Å²) in [4.78, 5) is 1.11. The van der Waals surface area contributed by atoms with Crippen LogP contribution in [0.5, 0.6) is 0 Å². The highest BCUT2D eigenvalue weighted by atomic mass is 32.2. The molecule has 0 heterocycles. The van der Waals surface area contributed by atoms with Crippen LogP contribution < -0.4 is 5.73 Å². The normalized spacial score (nSPS) is 13.2. The van der Waals surface area contributed by atoms with E-state index in [9.17, 15) is 13.2 Å². The van der Waals surface area contributed by atoms with E-state index in [1.807, 2.05) is 25.1 Å². The van der Waals surface area contributed by atoms with Gasteiger partial charge >= 0.3 is 6.18 Å². The van der Waals surface area contributed by atoms with Gasteiger partial charge in [-0.05, 0) is 36.8 Å². The summed E-state index contributed by atoms with van der Waals surface area (Å²) < 4.78 is 37.5. The molecule has 0 aliphatic heterocycles. The van der Waals surface area contributed by atoms with E-state index in [2.05, 4.69) is 6.07 Å². The first kappa shape index (κ1) is 15.9. The Morgan fingerprint density at radius 1 is 1.10 bits per heavy atom. The summed E-state index contributed by atoms with van der Waals surface area (Å²) >= 11 is 1.60. The van der Waals surface area contributed by atoms with E-state index in [4.69, 9.17) is 5.73 Å². The van der Waals surface area contributed by atoms with Gasteiger partial charge in [-0.3, -0.25) is 0 Å². The van der Waals surface area contributed by atoms with Gasteiger partial charge in [-0.1, -0.05) is 29.8 Å². The maximum absolute atomic E-state index is 12.5. The average Bonchev–Trinajstić information content (AvgIpc) is 2.44. The second kappa shape index (κ2) is 6.54. The fraction of sp³-hybridized carbons (Fsp3) is 0.250. The molecule has 112 valence electrons. The first-order chi connectivity index (χ1) is 9.86. The SMILES string of the molecule is Cc1cccc(SCC(N)c2ccc(C(F)(F)F)cc2)c1.